The molecule has 2 aromatic rings. The fourth-order valence-electron chi connectivity index (χ4n) is 1.78. The molecule has 0 fully saturated rings. The van der Waals surface area contributed by atoms with Crippen molar-refractivity contribution >= 4 is 10.9 Å². The van der Waals surface area contributed by atoms with Crippen molar-refractivity contribution in [1.29, 1.82) is 0 Å². The average molecular weight is 223 g/mol. The molecule has 0 saturated carbocycles. The Hall–Kier alpha value is -1.81. The number of benzene rings is 1. The molecule has 1 nitrogen and oxygen atoms in total. The van der Waals surface area contributed by atoms with Crippen molar-refractivity contribution in [2.24, 2.45) is 0 Å². The third-order valence-corrected chi connectivity index (χ3v) is 2.74. The highest BCUT2D eigenvalue weighted by atomic mass is 14.6. The summed E-state index contributed by atoms with van der Waals surface area (Å²) in [4.78, 5) is 4.29. The highest BCUT2D eigenvalue weighted by Crippen LogP contribution is 2.12. The number of pyridine rings is 1. The van der Waals surface area contributed by atoms with Gasteiger partial charge in [-0.2, -0.15) is 0 Å². The minimum Gasteiger partial charge on any atom is -0.256 e. The zero-order valence-electron chi connectivity index (χ0n) is 10.2. The molecule has 0 saturated heterocycles. The summed E-state index contributed by atoms with van der Waals surface area (Å²) in [5.74, 6) is 6.45. The second-order valence-electron chi connectivity index (χ2n) is 4.17. The van der Waals surface area contributed by atoms with Crippen LogP contribution in [-0.4, -0.2) is 4.98 Å². The van der Waals surface area contributed by atoms with Gasteiger partial charge in [0.15, 0.2) is 0 Å². The first-order valence-corrected chi connectivity index (χ1v) is 6.24. The van der Waals surface area contributed by atoms with Gasteiger partial charge in [-0.05, 0) is 30.7 Å². The van der Waals surface area contributed by atoms with Gasteiger partial charge in [0.25, 0.3) is 0 Å². The smallest absolute Gasteiger partial charge is 0.0702 e. The van der Waals surface area contributed by atoms with E-state index in [1.807, 2.05) is 24.4 Å². The van der Waals surface area contributed by atoms with Crippen LogP contribution in [-0.2, 0) is 0 Å². The normalized spacial score (nSPS) is 9.94. The van der Waals surface area contributed by atoms with Gasteiger partial charge in [-0.25, -0.2) is 0 Å². The van der Waals surface area contributed by atoms with Crippen LogP contribution in [0.4, 0.5) is 0 Å². The van der Waals surface area contributed by atoms with Crippen molar-refractivity contribution in [2.75, 3.05) is 0 Å². The Kier molecular flexibility index (Phi) is 4.16. The van der Waals surface area contributed by atoms with Gasteiger partial charge in [0.1, 0.15) is 0 Å². The quantitative estimate of drug-likeness (QED) is 0.562. The first kappa shape index (κ1) is 11.7. The average Bonchev–Trinajstić information content (AvgIpc) is 2.38. The predicted octanol–water partition coefficient (Wildman–Crippen LogP) is 4.17. The van der Waals surface area contributed by atoms with Gasteiger partial charge in [-0.1, -0.05) is 37.7 Å². The van der Waals surface area contributed by atoms with Gasteiger partial charge in [-0.3, -0.25) is 4.98 Å². The Morgan fingerprint density at radius 2 is 2.12 bits per heavy atom. The molecule has 0 spiro atoms. The molecule has 17 heavy (non-hydrogen) atoms. The molecule has 0 bridgehead atoms. The van der Waals surface area contributed by atoms with Crippen molar-refractivity contribution in [3.8, 4) is 11.8 Å². The Morgan fingerprint density at radius 1 is 1.18 bits per heavy atom. The molecule has 0 atom stereocenters. The minimum absolute atomic E-state index is 0.999. The second kappa shape index (κ2) is 6.06. The van der Waals surface area contributed by atoms with Crippen molar-refractivity contribution in [3.63, 3.8) is 0 Å². The Balaban J connectivity index is 2.08. The van der Waals surface area contributed by atoms with Crippen LogP contribution < -0.4 is 0 Å². The van der Waals surface area contributed by atoms with E-state index in [2.05, 4.69) is 35.9 Å². The van der Waals surface area contributed by atoms with E-state index in [-0.39, 0.29) is 0 Å². The third-order valence-electron chi connectivity index (χ3n) is 2.74. The first-order valence-electron chi connectivity index (χ1n) is 6.24. The van der Waals surface area contributed by atoms with Crippen molar-refractivity contribution in [3.05, 3.63) is 42.1 Å². The number of unbranched alkanes of at least 4 members (excludes halogenated alkanes) is 3. The van der Waals surface area contributed by atoms with E-state index < -0.39 is 0 Å². The molecular weight excluding hydrogens is 206 g/mol. The fraction of sp³-hybridized carbons (Fsp3) is 0.312. The molecule has 2 rings (SSSR count). The molecule has 0 N–H and O–H groups in total. The van der Waals surface area contributed by atoms with Crippen molar-refractivity contribution in [1.82, 2.24) is 4.98 Å². The maximum absolute atomic E-state index is 4.29. The minimum atomic E-state index is 0.999. The maximum atomic E-state index is 4.29. The monoisotopic (exact) mass is 223 g/mol. The largest absolute Gasteiger partial charge is 0.256 e. The van der Waals surface area contributed by atoms with Gasteiger partial charge in [-0.15, -0.1) is 0 Å². The number of aromatic nitrogens is 1. The van der Waals surface area contributed by atoms with Crippen LogP contribution in [0.3, 0.4) is 0 Å². The summed E-state index contributed by atoms with van der Waals surface area (Å²) in [7, 11) is 0. The van der Waals surface area contributed by atoms with Crippen LogP contribution in [0.15, 0.2) is 36.5 Å². The van der Waals surface area contributed by atoms with Crippen LogP contribution in [0, 0.1) is 11.8 Å². The highest BCUT2D eigenvalue weighted by Gasteiger charge is 1.93. The lowest BCUT2D eigenvalue weighted by Crippen LogP contribution is -1.79. The highest BCUT2D eigenvalue weighted by molar-refractivity contribution is 5.79. The van der Waals surface area contributed by atoms with E-state index in [0.29, 0.717) is 0 Å². The summed E-state index contributed by atoms with van der Waals surface area (Å²) in [5.41, 5.74) is 2.12. The molecule has 1 heterocycles. The number of rotatable bonds is 3. The Morgan fingerprint density at radius 3 is 3.00 bits per heavy atom. The van der Waals surface area contributed by atoms with E-state index in [1.165, 1.54) is 19.3 Å². The van der Waals surface area contributed by atoms with Gasteiger partial charge in [0, 0.05) is 23.6 Å². The number of hydrogen-bond donors (Lipinski definition) is 0. The van der Waals surface area contributed by atoms with Gasteiger partial charge in [0.05, 0.1) is 5.52 Å². The molecule has 0 aliphatic heterocycles. The van der Waals surface area contributed by atoms with Gasteiger partial charge in [0.2, 0.25) is 0 Å². The Labute approximate surface area is 103 Å². The molecule has 0 aliphatic rings. The number of nitrogens with zero attached hydrogens (tertiary/aromatic N) is 1. The summed E-state index contributed by atoms with van der Waals surface area (Å²) >= 11 is 0. The number of fused-ring (bicyclic) bond motifs is 1. The Bertz CT molecular complexity index is 546. The van der Waals surface area contributed by atoms with Gasteiger partial charge >= 0.3 is 0 Å². The van der Waals surface area contributed by atoms with Gasteiger partial charge < -0.3 is 0 Å². The molecule has 1 heteroatoms. The second-order valence-corrected chi connectivity index (χ2v) is 4.17. The third kappa shape index (κ3) is 3.32. The lowest BCUT2D eigenvalue weighted by Gasteiger charge is -1.96. The van der Waals surface area contributed by atoms with Crippen LogP contribution in [0.25, 0.3) is 10.9 Å². The van der Waals surface area contributed by atoms with Crippen molar-refractivity contribution in [2.45, 2.75) is 32.6 Å². The molecule has 1 aromatic carbocycles. The van der Waals surface area contributed by atoms with Crippen LogP contribution in [0.5, 0.6) is 0 Å². The fourth-order valence-corrected chi connectivity index (χ4v) is 1.78. The molecule has 1 aromatic heterocycles. The zero-order chi connectivity index (χ0) is 11.9. The van der Waals surface area contributed by atoms with Crippen LogP contribution in [0.1, 0.15) is 38.2 Å². The first-order chi connectivity index (χ1) is 8.40. The SMILES string of the molecule is CCCCCC#Cc1ccc2ncccc2c1. The predicted molar refractivity (Wildman–Crippen MR) is 72.8 cm³/mol. The lowest BCUT2D eigenvalue weighted by molar-refractivity contribution is 0.737. The summed E-state index contributed by atoms with van der Waals surface area (Å²) in [6.45, 7) is 2.21. The summed E-state index contributed by atoms with van der Waals surface area (Å²) in [5, 5.41) is 1.16. The molecule has 0 radical (unpaired) electrons. The summed E-state index contributed by atoms with van der Waals surface area (Å²) in [6, 6.07) is 10.2. The molecule has 0 unspecified atom stereocenters. The standard InChI is InChI=1S/C16H17N/c1-2-3-4-5-6-8-14-10-11-16-15(13-14)9-7-12-17-16/h7,9-13H,2-5H2,1H3. The topological polar surface area (TPSA) is 12.9 Å². The molecule has 0 aliphatic carbocycles. The van der Waals surface area contributed by atoms with E-state index in [9.17, 15) is 0 Å². The summed E-state index contributed by atoms with van der Waals surface area (Å²) < 4.78 is 0. The summed E-state index contributed by atoms with van der Waals surface area (Å²) in [6.07, 6.45) is 6.55. The van der Waals surface area contributed by atoms with Crippen LogP contribution >= 0.6 is 0 Å². The molecule has 0 amide bonds. The maximum Gasteiger partial charge on any atom is 0.0702 e. The number of hydrogen-bond acceptors (Lipinski definition) is 1. The lowest BCUT2D eigenvalue weighted by atomic mass is 10.1. The van der Waals surface area contributed by atoms with E-state index in [1.54, 1.807) is 0 Å². The zero-order valence-corrected chi connectivity index (χ0v) is 10.2. The van der Waals surface area contributed by atoms with E-state index >= 15 is 0 Å². The van der Waals surface area contributed by atoms with Crippen LogP contribution in [0.2, 0.25) is 0 Å². The molecule has 86 valence electrons. The van der Waals surface area contributed by atoms with E-state index in [0.717, 1.165) is 22.9 Å². The molecular formula is C16H17N. The van der Waals surface area contributed by atoms with Crippen molar-refractivity contribution < 1.29 is 0 Å². The van der Waals surface area contributed by atoms with E-state index in [4.69, 9.17) is 0 Å².